The van der Waals surface area contributed by atoms with Crippen molar-refractivity contribution in [3.05, 3.63) is 77.8 Å². The Bertz CT molecular complexity index is 1600. The molecule has 5 aromatic rings. The maximum Gasteiger partial charge on any atom is 0.175 e. The van der Waals surface area contributed by atoms with Crippen LogP contribution < -0.4 is 0 Å². The van der Waals surface area contributed by atoms with E-state index in [1.165, 1.54) is 11.8 Å². The lowest BCUT2D eigenvalue weighted by Gasteiger charge is -2.22. The second-order valence-corrected chi connectivity index (χ2v) is 10.8. The van der Waals surface area contributed by atoms with Crippen molar-refractivity contribution in [2.45, 2.75) is 44.6 Å². The average Bonchev–Trinajstić information content (AvgIpc) is 3.32. The van der Waals surface area contributed by atoms with Gasteiger partial charge in [0, 0.05) is 29.0 Å². The van der Waals surface area contributed by atoms with E-state index in [4.69, 9.17) is 9.51 Å². The van der Waals surface area contributed by atoms with E-state index in [9.17, 15) is 8.42 Å². The molecule has 5 rings (SSSR count). The second kappa shape index (κ2) is 8.40. The maximum absolute atomic E-state index is 12.4. The van der Waals surface area contributed by atoms with E-state index in [0.29, 0.717) is 4.90 Å². The molecule has 1 atom stereocenters. The molecule has 2 aromatic carbocycles. The molecule has 3 aromatic heterocycles. The molecule has 0 spiro atoms. The Morgan fingerprint density at radius 2 is 1.79 bits per heavy atom. The number of benzene rings is 2. The molecule has 0 aliphatic carbocycles. The summed E-state index contributed by atoms with van der Waals surface area (Å²) < 4.78 is 32.5. The highest BCUT2D eigenvalue weighted by atomic mass is 32.2. The molecule has 0 saturated carbocycles. The van der Waals surface area contributed by atoms with Gasteiger partial charge in [0.25, 0.3) is 0 Å². The SMILES string of the molecule is CCCC(c1ccccc1)n1c2cc(S(C)(=O)=O)ccc2c2ncc(-c3c(C)noc3C)cc21. The number of aromatic nitrogens is 3. The molecule has 0 radical (unpaired) electrons. The Morgan fingerprint density at radius 3 is 2.44 bits per heavy atom. The molecule has 3 heterocycles. The van der Waals surface area contributed by atoms with Gasteiger partial charge in [-0.2, -0.15) is 0 Å². The highest BCUT2D eigenvalue weighted by Gasteiger charge is 2.23. The third-order valence-corrected chi connectivity index (χ3v) is 7.53. The number of fused-ring (bicyclic) bond motifs is 3. The van der Waals surface area contributed by atoms with Gasteiger partial charge in [-0.1, -0.05) is 48.8 Å². The summed E-state index contributed by atoms with van der Waals surface area (Å²) in [4.78, 5) is 5.16. The van der Waals surface area contributed by atoms with Gasteiger partial charge in [-0.25, -0.2) is 8.42 Å². The Morgan fingerprint density at radius 1 is 1.03 bits per heavy atom. The van der Waals surface area contributed by atoms with E-state index in [-0.39, 0.29) is 6.04 Å². The average molecular weight is 474 g/mol. The first-order valence-corrected chi connectivity index (χ1v) is 13.3. The van der Waals surface area contributed by atoms with E-state index >= 15 is 0 Å². The van der Waals surface area contributed by atoms with Crippen molar-refractivity contribution in [1.82, 2.24) is 14.7 Å². The Balaban J connectivity index is 1.89. The summed E-state index contributed by atoms with van der Waals surface area (Å²) in [6.07, 6.45) is 4.97. The van der Waals surface area contributed by atoms with Gasteiger partial charge in [-0.05, 0) is 50.1 Å². The fourth-order valence-corrected chi connectivity index (χ4v) is 5.52. The lowest BCUT2D eigenvalue weighted by Crippen LogP contribution is -2.11. The van der Waals surface area contributed by atoms with Crippen molar-refractivity contribution >= 4 is 31.8 Å². The molecule has 0 bridgehead atoms. The zero-order valence-corrected chi connectivity index (χ0v) is 20.6. The minimum absolute atomic E-state index is 0.0303. The quantitative estimate of drug-likeness (QED) is 0.291. The summed E-state index contributed by atoms with van der Waals surface area (Å²) in [5, 5.41) is 5.05. The van der Waals surface area contributed by atoms with Crippen LogP contribution in [0.25, 0.3) is 33.1 Å². The Labute approximate surface area is 199 Å². The zero-order chi connectivity index (χ0) is 24.0. The summed E-state index contributed by atoms with van der Waals surface area (Å²) in [5.41, 5.74) is 6.53. The van der Waals surface area contributed by atoms with E-state index in [1.807, 2.05) is 44.3 Å². The van der Waals surface area contributed by atoms with Crippen LogP contribution in [0.4, 0.5) is 0 Å². The number of nitrogens with zero attached hydrogens (tertiary/aromatic N) is 3. The van der Waals surface area contributed by atoms with Crippen molar-refractivity contribution in [2.24, 2.45) is 0 Å². The van der Waals surface area contributed by atoms with E-state index < -0.39 is 9.84 Å². The predicted octanol–water partition coefficient (Wildman–Crippen LogP) is 6.25. The molecule has 0 aliphatic heterocycles. The minimum atomic E-state index is -3.36. The molecule has 0 amide bonds. The van der Waals surface area contributed by atoms with Crippen LogP contribution in [0.5, 0.6) is 0 Å². The van der Waals surface area contributed by atoms with Gasteiger partial charge in [0.05, 0.1) is 33.2 Å². The van der Waals surface area contributed by atoms with Crippen molar-refractivity contribution < 1.29 is 12.9 Å². The first kappa shape index (κ1) is 22.3. The van der Waals surface area contributed by atoms with E-state index in [2.05, 4.69) is 34.8 Å². The third kappa shape index (κ3) is 3.70. The van der Waals surface area contributed by atoms with E-state index in [0.717, 1.165) is 57.4 Å². The van der Waals surface area contributed by atoms with E-state index in [1.54, 1.807) is 12.1 Å². The van der Waals surface area contributed by atoms with Gasteiger partial charge in [0.2, 0.25) is 0 Å². The standard InChI is InChI=1S/C27H27N3O3S/c1-5-9-23(19-10-7-6-8-11-19)30-24-15-21(34(4,31)32)12-13-22(24)27-25(30)14-20(16-28-27)26-17(2)29-33-18(26)3/h6-8,10-16,23H,5,9H2,1-4H3. The molecule has 174 valence electrons. The monoisotopic (exact) mass is 473 g/mol. The first-order valence-electron chi connectivity index (χ1n) is 11.4. The summed E-state index contributed by atoms with van der Waals surface area (Å²) in [7, 11) is -3.36. The largest absolute Gasteiger partial charge is 0.361 e. The van der Waals surface area contributed by atoms with Crippen LogP contribution in [0.15, 0.2) is 70.2 Å². The number of pyridine rings is 1. The molecule has 0 N–H and O–H groups in total. The number of hydrogen-bond acceptors (Lipinski definition) is 5. The first-order chi connectivity index (χ1) is 16.3. The van der Waals surface area contributed by atoms with Crippen molar-refractivity contribution in [3.8, 4) is 11.1 Å². The topological polar surface area (TPSA) is 78.0 Å². The third-order valence-electron chi connectivity index (χ3n) is 6.42. The minimum Gasteiger partial charge on any atom is -0.361 e. The highest BCUT2D eigenvalue weighted by Crippen LogP contribution is 2.38. The van der Waals surface area contributed by atoms with Crippen LogP contribution in [-0.2, 0) is 9.84 Å². The molecule has 6 nitrogen and oxygen atoms in total. The fraction of sp³-hybridized carbons (Fsp3) is 0.259. The Hall–Kier alpha value is -3.45. The van der Waals surface area contributed by atoms with Crippen LogP contribution in [0, 0.1) is 13.8 Å². The number of rotatable bonds is 6. The summed E-state index contributed by atoms with van der Waals surface area (Å²) in [5.74, 6) is 0.744. The number of aryl methyl sites for hydroxylation is 2. The van der Waals surface area contributed by atoms with Gasteiger partial charge in [-0.15, -0.1) is 0 Å². The second-order valence-electron chi connectivity index (χ2n) is 8.83. The van der Waals surface area contributed by atoms with Crippen LogP contribution in [-0.4, -0.2) is 29.4 Å². The normalized spacial score (nSPS) is 13.1. The zero-order valence-electron chi connectivity index (χ0n) is 19.7. The summed E-state index contributed by atoms with van der Waals surface area (Å²) >= 11 is 0. The fourth-order valence-electron chi connectivity index (χ4n) is 4.88. The predicted molar refractivity (Wildman–Crippen MR) is 135 cm³/mol. The molecule has 34 heavy (non-hydrogen) atoms. The van der Waals surface area contributed by atoms with Crippen LogP contribution in [0.1, 0.15) is 42.8 Å². The maximum atomic E-state index is 12.4. The molecule has 1 unspecified atom stereocenters. The number of sulfone groups is 1. The van der Waals surface area contributed by atoms with Crippen molar-refractivity contribution in [3.63, 3.8) is 0 Å². The molecular formula is C27H27N3O3S. The van der Waals surface area contributed by atoms with Gasteiger partial charge in [-0.3, -0.25) is 4.98 Å². The van der Waals surface area contributed by atoms with Crippen molar-refractivity contribution in [1.29, 1.82) is 0 Å². The number of hydrogen-bond donors (Lipinski definition) is 0. The summed E-state index contributed by atoms with van der Waals surface area (Å²) in [6.45, 7) is 5.99. The molecule has 0 saturated heterocycles. The van der Waals surface area contributed by atoms with Crippen LogP contribution in [0.2, 0.25) is 0 Å². The lowest BCUT2D eigenvalue weighted by atomic mass is 10.0. The Kier molecular flexibility index (Phi) is 5.52. The van der Waals surface area contributed by atoms with Gasteiger partial charge in [0.1, 0.15) is 5.76 Å². The van der Waals surface area contributed by atoms with Gasteiger partial charge >= 0.3 is 0 Å². The smallest absolute Gasteiger partial charge is 0.175 e. The van der Waals surface area contributed by atoms with Crippen LogP contribution in [0.3, 0.4) is 0 Å². The van der Waals surface area contributed by atoms with Crippen LogP contribution >= 0.6 is 0 Å². The van der Waals surface area contributed by atoms with Gasteiger partial charge in [0.15, 0.2) is 9.84 Å². The van der Waals surface area contributed by atoms with Gasteiger partial charge < -0.3 is 9.09 Å². The van der Waals surface area contributed by atoms with Crippen molar-refractivity contribution in [2.75, 3.05) is 6.26 Å². The molecular weight excluding hydrogens is 446 g/mol. The summed E-state index contributed by atoms with van der Waals surface area (Å²) in [6, 6.07) is 17.8. The lowest BCUT2D eigenvalue weighted by molar-refractivity contribution is 0.393. The molecule has 0 fully saturated rings. The highest BCUT2D eigenvalue weighted by molar-refractivity contribution is 7.90. The molecule has 7 heteroatoms. The molecule has 0 aliphatic rings.